The lowest BCUT2D eigenvalue weighted by molar-refractivity contribution is 0.185. The smallest absolute Gasteiger partial charge is 0.324 e. The van der Waals surface area contributed by atoms with Gasteiger partial charge in [0.2, 0.25) is 0 Å². The molecule has 1 aromatic carbocycles. The van der Waals surface area contributed by atoms with Gasteiger partial charge < -0.3 is 10.0 Å². The average molecular weight is 291 g/mol. The predicted octanol–water partition coefficient (Wildman–Crippen LogP) is 2.48. The molecule has 0 saturated carbocycles. The number of urea groups is 1. The molecule has 20 heavy (non-hydrogen) atoms. The van der Waals surface area contributed by atoms with Crippen molar-refractivity contribution >= 4 is 22.5 Å². The summed E-state index contributed by atoms with van der Waals surface area (Å²) in [5.74, 6) is 0. The maximum atomic E-state index is 12.2. The van der Waals surface area contributed by atoms with Crippen molar-refractivity contribution in [3.8, 4) is 0 Å². The van der Waals surface area contributed by atoms with Crippen molar-refractivity contribution in [3.63, 3.8) is 0 Å². The molecular formula is C14H17N3O2S. The Morgan fingerprint density at radius 1 is 1.40 bits per heavy atom. The van der Waals surface area contributed by atoms with E-state index >= 15 is 0 Å². The number of benzene rings is 1. The Labute approximate surface area is 121 Å². The van der Waals surface area contributed by atoms with E-state index in [4.69, 9.17) is 5.11 Å². The highest BCUT2D eigenvalue weighted by atomic mass is 32.1. The fraction of sp³-hybridized carbons (Fsp3) is 0.286. The van der Waals surface area contributed by atoms with E-state index in [0.29, 0.717) is 11.7 Å². The molecule has 0 aliphatic rings. The number of carbonyl (C=O) groups excluding carboxylic acids is 1. The molecule has 2 aromatic rings. The molecule has 1 aromatic heterocycles. The van der Waals surface area contributed by atoms with E-state index < -0.39 is 0 Å². The number of amides is 2. The first kappa shape index (κ1) is 14.5. The molecule has 1 heterocycles. The Balaban J connectivity index is 2.02. The molecular weight excluding hydrogens is 274 g/mol. The van der Waals surface area contributed by atoms with Crippen molar-refractivity contribution in [3.05, 3.63) is 47.0 Å². The van der Waals surface area contributed by atoms with Crippen molar-refractivity contribution in [2.24, 2.45) is 0 Å². The van der Waals surface area contributed by atoms with Gasteiger partial charge in [0, 0.05) is 18.5 Å². The molecule has 0 fully saturated rings. The second-order valence-corrected chi connectivity index (χ2v) is 5.21. The number of aliphatic hydroxyl groups is 1. The number of hydrogen-bond donors (Lipinski definition) is 2. The Morgan fingerprint density at radius 2 is 2.15 bits per heavy atom. The molecule has 106 valence electrons. The van der Waals surface area contributed by atoms with Gasteiger partial charge >= 0.3 is 6.03 Å². The van der Waals surface area contributed by atoms with Gasteiger partial charge in [-0.25, -0.2) is 9.78 Å². The lowest BCUT2D eigenvalue weighted by Gasteiger charge is -2.21. The third kappa shape index (κ3) is 4.04. The normalized spacial score (nSPS) is 10.3. The van der Waals surface area contributed by atoms with Crippen molar-refractivity contribution in [1.29, 1.82) is 0 Å². The number of aromatic nitrogens is 1. The van der Waals surface area contributed by atoms with Crippen LogP contribution in [0.3, 0.4) is 0 Å². The van der Waals surface area contributed by atoms with Gasteiger partial charge in [-0.05, 0) is 12.5 Å². The number of aliphatic hydroxyl groups excluding tert-OH is 1. The number of nitrogens with one attached hydrogen (secondary N) is 1. The average Bonchev–Trinajstić information content (AvgIpc) is 2.85. The largest absolute Gasteiger partial charge is 0.395 e. The molecule has 0 bridgehead atoms. The first-order valence-electron chi connectivity index (χ1n) is 6.32. The molecule has 0 spiro atoms. The summed E-state index contributed by atoms with van der Waals surface area (Å²) in [6, 6.07) is 9.43. The molecule has 2 amide bonds. The van der Waals surface area contributed by atoms with Crippen molar-refractivity contribution in [2.75, 3.05) is 18.5 Å². The molecule has 0 saturated heterocycles. The summed E-state index contributed by atoms with van der Waals surface area (Å²) in [5.41, 5.74) is 1.90. The first-order chi connectivity index (χ1) is 9.69. The van der Waals surface area contributed by atoms with Crippen molar-refractivity contribution in [1.82, 2.24) is 9.88 Å². The minimum Gasteiger partial charge on any atom is -0.395 e. The third-order valence-electron chi connectivity index (χ3n) is 2.71. The quantitative estimate of drug-likeness (QED) is 0.889. The van der Waals surface area contributed by atoms with Gasteiger partial charge in [-0.2, -0.15) is 0 Å². The number of rotatable bonds is 5. The summed E-state index contributed by atoms with van der Waals surface area (Å²) in [6.07, 6.45) is 0. The second-order valence-electron chi connectivity index (χ2n) is 4.35. The molecule has 2 N–H and O–H groups in total. The fourth-order valence-electron chi connectivity index (χ4n) is 1.76. The van der Waals surface area contributed by atoms with E-state index in [0.717, 1.165) is 11.3 Å². The van der Waals surface area contributed by atoms with Crippen LogP contribution in [0.25, 0.3) is 0 Å². The Kier molecular flexibility index (Phi) is 5.09. The van der Waals surface area contributed by atoms with Crippen LogP contribution in [0.15, 0.2) is 35.7 Å². The van der Waals surface area contributed by atoms with Gasteiger partial charge in [-0.1, -0.05) is 30.3 Å². The van der Waals surface area contributed by atoms with E-state index in [9.17, 15) is 4.79 Å². The number of aryl methyl sites for hydroxylation is 1. The lowest BCUT2D eigenvalue weighted by Crippen LogP contribution is -2.36. The summed E-state index contributed by atoms with van der Waals surface area (Å²) in [6.45, 7) is 2.54. The molecule has 2 rings (SSSR count). The molecule has 0 aliphatic heterocycles. The fourth-order valence-corrected chi connectivity index (χ4v) is 2.44. The number of carbonyl (C=O) groups is 1. The zero-order valence-corrected chi connectivity index (χ0v) is 12.1. The van der Waals surface area contributed by atoms with Gasteiger partial charge in [0.1, 0.15) is 0 Å². The number of anilines is 1. The van der Waals surface area contributed by atoms with Crippen LogP contribution in [0.2, 0.25) is 0 Å². The Bertz CT molecular complexity index is 557. The number of thiazole rings is 1. The van der Waals surface area contributed by atoms with Crippen LogP contribution >= 0.6 is 11.3 Å². The molecule has 0 atom stereocenters. The number of nitrogens with zero attached hydrogens (tertiary/aromatic N) is 2. The van der Waals surface area contributed by atoms with Gasteiger partial charge in [0.15, 0.2) is 5.13 Å². The van der Waals surface area contributed by atoms with Crippen LogP contribution in [0.1, 0.15) is 11.3 Å². The highest BCUT2D eigenvalue weighted by molar-refractivity contribution is 7.13. The summed E-state index contributed by atoms with van der Waals surface area (Å²) in [4.78, 5) is 17.9. The Hall–Kier alpha value is -1.92. The minimum absolute atomic E-state index is 0.0723. The monoisotopic (exact) mass is 291 g/mol. The zero-order chi connectivity index (χ0) is 14.4. The Morgan fingerprint density at radius 3 is 2.75 bits per heavy atom. The second kappa shape index (κ2) is 7.02. The topological polar surface area (TPSA) is 65.5 Å². The van der Waals surface area contributed by atoms with Crippen molar-refractivity contribution < 1.29 is 9.90 Å². The van der Waals surface area contributed by atoms with E-state index in [1.165, 1.54) is 11.3 Å². The van der Waals surface area contributed by atoms with Crippen LogP contribution < -0.4 is 5.32 Å². The van der Waals surface area contributed by atoms with Crippen LogP contribution in [-0.2, 0) is 6.54 Å². The van der Waals surface area contributed by atoms with E-state index in [1.807, 2.05) is 42.6 Å². The third-order valence-corrected chi connectivity index (χ3v) is 3.58. The summed E-state index contributed by atoms with van der Waals surface area (Å²) < 4.78 is 0. The van der Waals surface area contributed by atoms with Crippen molar-refractivity contribution in [2.45, 2.75) is 13.5 Å². The maximum Gasteiger partial charge on any atom is 0.324 e. The highest BCUT2D eigenvalue weighted by Gasteiger charge is 2.14. The zero-order valence-electron chi connectivity index (χ0n) is 11.2. The molecule has 6 heteroatoms. The first-order valence-corrected chi connectivity index (χ1v) is 7.20. The van der Waals surface area contributed by atoms with Gasteiger partial charge in [0.25, 0.3) is 0 Å². The highest BCUT2D eigenvalue weighted by Crippen LogP contribution is 2.15. The molecule has 0 unspecified atom stereocenters. The predicted molar refractivity (Wildman–Crippen MR) is 79.8 cm³/mol. The summed E-state index contributed by atoms with van der Waals surface area (Å²) >= 11 is 1.39. The van der Waals surface area contributed by atoms with Crippen LogP contribution in [0, 0.1) is 6.92 Å². The van der Waals surface area contributed by atoms with Crippen LogP contribution in [-0.4, -0.2) is 34.2 Å². The SMILES string of the molecule is Cc1csc(NC(=O)N(CCO)Cc2ccccc2)n1. The molecule has 0 radical (unpaired) electrons. The van der Waals surface area contributed by atoms with Crippen LogP contribution in [0.5, 0.6) is 0 Å². The minimum atomic E-state index is -0.253. The summed E-state index contributed by atoms with van der Waals surface area (Å²) in [5, 5.41) is 14.3. The van der Waals surface area contributed by atoms with Gasteiger partial charge in [0.05, 0.1) is 12.3 Å². The molecule has 5 nitrogen and oxygen atoms in total. The molecule has 0 aliphatic carbocycles. The van der Waals surface area contributed by atoms with Gasteiger partial charge in [-0.15, -0.1) is 11.3 Å². The lowest BCUT2D eigenvalue weighted by atomic mass is 10.2. The van der Waals surface area contributed by atoms with Crippen LogP contribution in [0.4, 0.5) is 9.93 Å². The van der Waals surface area contributed by atoms with E-state index in [2.05, 4.69) is 10.3 Å². The maximum absolute atomic E-state index is 12.2. The van der Waals surface area contributed by atoms with E-state index in [-0.39, 0.29) is 19.2 Å². The summed E-state index contributed by atoms with van der Waals surface area (Å²) in [7, 11) is 0. The van der Waals surface area contributed by atoms with E-state index in [1.54, 1.807) is 4.90 Å². The van der Waals surface area contributed by atoms with Gasteiger partial charge in [-0.3, -0.25) is 5.32 Å². The standard InChI is InChI=1S/C14H17N3O2S/c1-11-10-20-13(15-11)16-14(19)17(7-8-18)9-12-5-3-2-4-6-12/h2-6,10,18H,7-9H2,1H3,(H,15,16,19). The number of hydrogen-bond acceptors (Lipinski definition) is 4.